The van der Waals surface area contributed by atoms with E-state index in [2.05, 4.69) is 5.32 Å². The van der Waals surface area contributed by atoms with Gasteiger partial charge in [0.25, 0.3) is 0 Å². The van der Waals surface area contributed by atoms with Gasteiger partial charge in [0.05, 0.1) is 12.4 Å². The van der Waals surface area contributed by atoms with E-state index >= 15 is 0 Å². The molecular formula is C11H13F2NO2S. The fraction of sp³-hybridized carbons (Fsp3) is 0.364. The maximum Gasteiger partial charge on any atom is 0.230 e. The quantitative estimate of drug-likeness (QED) is 0.791. The highest BCUT2D eigenvalue weighted by Gasteiger charge is 2.08. The Balaban J connectivity index is 2.45. The van der Waals surface area contributed by atoms with Gasteiger partial charge in [0.15, 0.2) is 11.6 Å². The summed E-state index contributed by atoms with van der Waals surface area (Å²) in [5.41, 5.74) is 0. The molecule has 3 nitrogen and oxygen atoms in total. The van der Waals surface area contributed by atoms with Crippen molar-refractivity contribution in [2.24, 2.45) is 0 Å². The Labute approximate surface area is 102 Å². The summed E-state index contributed by atoms with van der Waals surface area (Å²) in [6, 6.07) is 3.16. The topological polar surface area (TPSA) is 49.3 Å². The van der Waals surface area contributed by atoms with Gasteiger partial charge < -0.3 is 10.4 Å². The summed E-state index contributed by atoms with van der Waals surface area (Å²) in [5.74, 6) is -2.01. The minimum absolute atomic E-state index is 0.0927. The fourth-order valence-corrected chi connectivity index (χ4v) is 1.81. The number of aliphatic hydroxyl groups excluding tert-OH is 1. The number of aliphatic hydroxyl groups is 1. The van der Waals surface area contributed by atoms with Crippen LogP contribution in [-0.2, 0) is 4.79 Å². The zero-order valence-corrected chi connectivity index (χ0v) is 10.1. The largest absolute Gasteiger partial charge is 0.394 e. The van der Waals surface area contributed by atoms with E-state index in [1.165, 1.54) is 6.07 Å². The van der Waals surface area contributed by atoms with Gasteiger partial charge in [-0.3, -0.25) is 4.79 Å². The van der Waals surface area contributed by atoms with Crippen molar-refractivity contribution < 1.29 is 18.7 Å². The maximum atomic E-state index is 12.8. The normalized spacial score (nSPS) is 12.2. The van der Waals surface area contributed by atoms with Crippen LogP contribution in [0.1, 0.15) is 6.92 Å². The molecule has 0 aliphatic heterocycles. The van der Waals surface area contributed by atoms with Crippen molar-refractivity contribution >= 4 is 17.7 Å². The van der Waals surface area contributed by atoms with Crippen molar-refractivity contribution in [3.05, 3.63) is 29.8 Å². The summed E-state index contributed by atoms with van der Waals surface area (Å²) in [7, 11) is 0. The van der Waals surface area contributed by atoms with E-state index in [-0.39, 0.29) is 24.3 Å². The number of hydrogen-bond acceptors (Lipinski definition) is 3. The molecule has 0 spiro atoms. The molecule has 1 amide bonds. The molecule has 0 saturated carbocycles. The van der Waals surface area contributed by atoms with E-state index in [9.17, 15) is 13.6 Å². The van der Waals surface area contributed by atoms with Gasteiger partial charge in [-0.2, -0.15) is 0 Å². The summed E-state index contributed by atoms with van der Waals surface area (Å²) in [6.45, 7) is 1.53. The standard InChI is InChI=1S/C11H13F2NO2S/c1-7(5-15)14-11(16)6-17-8-2-3-9(12)10(13)4-8/h2-4,7,15H,5-6H2,1H3,(H,14,16)/t7-/m0/s1. The van der Waals surface area contributed by atoms with Crippen molar-refractivity contribution in [1.29, 1.82) is 0 Å². The minimum Gasteiger partial charge on any atom is -0.394 e. The number of carbonyl (C=O) groups excluding carboxylic acids is 1. The molecule has 0 aliphatic rings. The molecule has 1 aromatic carbocycles. The molecular weight excluding hydrogens is 248 g/mol. The number of rotatable bonds is 5. The Kier molecular flexibility index (Phi) is 5.37. The van der Waals surface area contributed by atoms with E-state index < -0.39 is 11.6 Å². The second-order valence-corrected chi connectivity index (χ2v) is 4.56. The van der Waals surface area contributed by atoms with Crippen LogP contribution in [0, 0.1) is 11.6 Å². The maximum absolute atomic E-state index is 12.8. The van der Waals surface area contributed by atoms with Crippen molar-refractivity contribution in [3.63, 3.8) is 0 Å². The van der Waals surface area contributed by atoms with E-state index in [1.807, 2.05) is 0 Å². The highest BCUT2D eigenvalue weighted by molar-refractivity contribution is 8.00. The molecule has 1 aromatic rings. The lowest BCUT2D eigenvalue weighted by Gasteiger charge is -2.10. The van der Waals surface area contributed by atoms with Crippen LogP contribution in [0.25, 0.3) is 0 Å². The van der Waals surface area contributed by atoms with E-state index in [0.29, 0.717) is 4.90 Å². The van der Waals surface area contributed by atoms with Crippen LogP contribution in [0.3, 0.4) is 0 Å². The molecule has 1 rings (SSSR count). The molecule has 0 bridgehead atoms. The van der Waals surface area contributed by atoms with Gasteiger partial charge in [-0.05, 0) is 25.1 Å². The van der Waals surface area contributed by atoms with Crippen molar-refractivity contribution in [2.75, 3.05) is 12.4 Å². The average Bonchev–Trinajstić information content (AvgIpc) is 2.30. The molecule has 0 unspecified atom stereocenters. The van der Waals surface area contributed by atoms with Crippen LogP contribution in [0.15, 0.2) is 23.1 Å². The number of halogens is 2. The Bertz CT molecular complexity index is 401. The molecule has 2 N–H and O–H groups in total. The number of hydrogen-bond donors (Lipinski definition) is 2. The van der Waals surface area contributed by atoms with Gasteiger partial charge in [0.2, 0.25) is 5.91 Å². The van der Waals surface area contributed by atoms with Crippen molar-refractivity contribution in [2.45, 2.75) is 17.9 Å². The third kappa shape index (κ3) is 4.70. The lowest BCUT2D eigenvalue weighted by molar-refractivity contribution is -0.119. The second-order valence-electron chi connectivity index (χ2n) is 3.52. The first-order chi connectivity index (χ1) is 8.02. The van der Waals surface area contributed by atoms with Gasteiger partial charge >= 0.3 is 0 Å². The minimum atomic E-state index is -0.931. The van der Waals surface area contributed by atoms with Gasteiger partial charge in [-0.15, -0.1) is 11.8 Å². The van der Waals surface area contributed by atoms with Crippen LogP contribution in [-0.4, -0.2) is 29.4 Å². The Morgan fingerprint density at radius 1 is 1.47 bits per heavy atom. The van der Waals surface area contributed by atoms with Crippen LogP contribution >= 0.6 is 11.8 Å². The zero-order valence-electron chi connectivity index (χ0n) is 9.24. The summed E-state index contributed by atoms with van der Waals surface area (Å²) < 4.78 is 25.5. The van der Waals surface area contributed by atoms with Gasteiger partial charge in [-0.1, -0.05) is 0 Å². The molecule has 0 fully saturated rings. The summed E-state index contributed by atoms with van der Waals surface area (Å²) in [5, 5.41) is 11.3. The zero-order chi connectivity index (χ0) is 12.8. The predicted octanol–water partition coefficient (Wildman–Crippen LogP) is 1.55. The first-order valence-electron chi connectivity index (χ1n) is 5.01. The van der Waals surface area contributed by atoms with E-state index in [1.54, 1.807) is 6.92 Å². The highest BCUT2D eigenvalue weighted by atomic mass is 32.2. The molecule has 0 aromatic heterocycles. The van der Waals surface area contributed by atoms with Gasteiger partial charge in [0.1, 0.15) is 0 Å². The predicted molar refractivity (Wildman–Crippen MR) is 61.8 cm³/mol. The Morgan fingerprint density at radius 3 is 2.76 bits per heavy atom. The number of benzene rings is 1. The molecule has 0 heterocycles. The molecule has 17 heavy (non-hydrogen) atoms. The van der Waals surface area contributed by atoms with E-state index in [0.717, 1.165) is 23.9 Å². The summed E-state index contributed by atoms with van der Waals surface area (Å²) in [4.78, 5) is 11.8. The van der Waals surface area contributed by atoms with Crippen LogP contribution in [0.4, 0.5) is 8.78 Å². The van der Waals surface area contributed by atoms with E-state index in [4.69, 9.17) is 5.11 Å². The Hall–Kier alpha value is -1.14. The first kappa shape index (κ1) is 13.9. The van der Waals surface area contributed by atoms with Crippen molar-refractivity contribution in [3.8, 4) is 0 Å². The fourth-order valence-electron chi connectivity index (χ4n) is 1.08. The van der Waals surface area contributed by atoms with Crippen LogP contribution in [0.2, 0.25) is 0 Å². The number of thioether (sulfide) groups is 1. The Morgan fingerprint density at radius 2 is 2.18 bits per heavy atom. The van der Waals surface area contributed by atoms with Crippen LogP contribution < -0.4 is 5.32 Å². The van der Waals surface area contributed by atoms with Gasteiger partial charge in [-0.25, -0.2) is 8.78 Å². The second kappa shape index (κ2) is 6.56. The highest BCUT2D eigenvalue weighted by Crippen LogP contribution is 2.19. The molecule has 0 saturated heterocycles. The molecule has 0 aliphatic carbocycles. The molecule has 1 atom stereocenters. The summed E-state index contributed by atoms with van der Waals surface area (Å²) in [6.07, 6.45) is 0. The SMILES string of the molecule is C[C@@H](CO)NC(=O)CSc1ccc(F)c(F)c1. The number of nitrogens with one attached hydrogen (secondary N) is 1. The van der Waals surface area contributed by atoms with Gasteiger partial charge in [0, 0.05) is 10.9 Å². The lowest BCUT2D eigenvalue weighted by Crippen LogP contribution is -2.36. The third-order valence-corrected chi connectivity index (χ3v) is 2.94. The van der Waals surface area contributed by atoms with Crippen molar-refractivity contribution in [1.82, 2.24) is 5.32 Å². The third-order valence-electron chi connectivity index (χ3n) is 1.94. The molecule has 6 heteroatoms. The molecule has 94 valence electrons. The smallest absolute Gasteiger partial charge is 0.230 e. The monoisotopic (exact) mass is 261 g/mol. The average molecular weight is 261 g/mol. The van der Waals surface area contributed by atoms with Crippen LogP contribution in [0.5, 0.6) is 0 Å². The molecule has 0 radical (unpaired) electrons. The lowest BCUT2D eigenvalue weighted by atomic mass is 10.3. The summed E-state index contributed by atoms with van der Waals surface area (Å²) >= 11 is 1.10. The number of carbonyl (C=O) groups is 1. The first-order valence-corrected chi connectivity index (χ1v) is 5.99. The number of amides is 1.